The predicted octanol–water partition coefficient (Wildman–Crippen LogP) is 3.84. The first-order chi connectivity index (χ1) is 15.9. The van der Waals surface area contributed by atoms with E-state index in [4.69, 9.17) is 16.3 Å². The van der Waals surface area contributed by atoms with Gasteiger partial charge < -0.3 is 14.6 Å². The fourth-order valence-corrected chi connectivity index (χ4v) is 4.26. The zero-order chi connectivity index (χ0) is 23.5. The summed E-state index contributed by atoms with van der Waals surface area (Å²) in [7, 11) is 1.59. The highest BCUT2D eigenvalue weighted by Gasteiger charge is 2.17. The molecule has 0 atom stereocenters. The molecule has 0 fully saturated rings. The van der Waals surface area contributed by atoms with Crippen molar-refractivity contribution in [1.29, 1.82) is 0 Å². The van der Waals surface area contributed by atoms with Gasteiger partial charge in [0.2, 0.25) is 5.91 Å². The van der Waals surface area contributed by atoms with Crippen LogP contribution < -0.4 is 15.6 Å². The van der Waals surface area contributed by atoms with E-state index in [1.54, 1.807) is 13.3 Å². The summed E-state index contributed by atoms with van der Waals surface area (Å²) in [5.41, 5.74) is 3.38. The van der Waals surface area contributed by atoms with Gasteiger partial charge in [-0.15, -0.1) is 0 Å². The van der Waals surface area contributed by atoms with E-state index in [2.05, 4.69) is 15.0 Å². The van der Waals surface area contributed by atoms with Crippen molar-refractivity contribution in [2.75, 3.05) is 7.11 Å². The number of amides is 1. The summed E-state index contributed by atoms with van der Waals surface area (Å²) in [6, 6.07) is 15.1. The number of rotatable bonds is 7. The fraction of sp³-hybridized carbons (Fsp3) is 0.240. The number of methoxy groups -OCH3 is 1. The number of aromatic nitrogens is 3. The first-order valence-corrected chi connectivity index (χ1v) is 11.0. The quantitative estimate of drug-likeness (QED) is 0.450. The zero-order valence-corrected chi connectivity index (χ0v) is 19.5. The number of fused-ring (bicyclic) bond motifs is 1. The van der Waals surface area contributed by atoms with Gasteiger partial charge in [0, 0.05) is 40.4 Å². The van der Waals surface area contributed by atoms with Crippen molar-refractivity contribution in [3.05, 3.63) is 92.6 Å². The van der Waals surface area contributed by atoms with Gasteiger partial charge in [-0.3, -0.25) is 9.59 Å². The number of aryl methyl sites for hydroxylation is 2. The van der Waals surface area contributed by atoms with Gasteiger partial charge in [-0.2, -0.15) is 5.10 Å². The third-order valence-electron chi connectivity index (χ3n) is 5.80. The Morgan fingerprint density at radius 3 is 2.67 bits per heavy atom. The maximum atomic E-state index is 13.2. The summed E-state index contributed by atoms with van der Waals surface area (Å²) in [5.74, 6) is 0.393. The van der Waals surface area contributed by atoms with Gasteiger partial charge in [-0.05, 0) is 37.6 Å². The number of hydrogen-bond acceptors (Lipinski definition) is 4. The Balaban J connectivity index is 1.57. The number of ether oxygens (including phenoxy) is 1. The number of carbonyl (C=O) groups excluding carboxylic acids is 1. The second-order valence-electron chi connectivity index (χ2n) is 7.87. The molecule has 0 saturated carbocycles. The Bertz CT molecular complexity index is 1390. The predicted molar refractivity (Wildman–Crippen MR) is 129 cm³/mol. The van der Waals surface area contributed by atoms with E-state index in [1.807, 2.05) is 62.4 Å². The lowest BCUT2D eigenvalue weighted by Crippen LogP contribution is -2.33. The number of halogens is 1. The molecule has 0 aliphatic carbocycles. The average molecular weight is 465 g/mol. The van der Waals surface area contributed by atoms with Crippen molar-refractivity contribution in [2.45, 2.75) is 33.5 Å². The summed E-state index contributed by atoms with van der Waals surface area (Å²) in [5, 5.41) is 9.11. The smallest absolute Gasteiger partial charge is 0.276 e. The average Bonchev–Trinajstić information content (AvgIpc) is 3.04. The van der Waals surface area contributed by atoms with Gasteiger partial charge in [0.15, 0.2) is 0 Å². The van der Waals surface area contributed by atoms with Gasteiger partial charge in [0.25, 0.3) is 5.56 Å². The molecule has 2 aromatic carbocycles. The summed E-state index contributed by atoms with van der Waals surface area (Å²) in [4.78, 5) is 25.7. The minimum Gasteiger partial charge on any atom is -0.496 e. The van der Waals surface area contributed by atoms with E-state index in [0.29, 0.717) is 29.2 Å². The molecule has 0 radical (unpaired) electrons. The minimum atomic E-state index is -0.303. The van der Waals surface area contributed by atoms with Crippen LogP contribution in [0.5, 0.6) is 5.75 Å². The SMILES string of the molecule is COc1ccccc1CNC(=O)Cn1ncc2c(C)n(Cc3cccc(Cl)c3)c(C)c2c1=O. The molecule has 0 spiro atoms. The lowest BCUT2D eigenvalue weighted by atomic mass is 10.2. The van der Waals surface area contributed by atoms with Crippen LogP contribution in [-0.4, -0.2) is 27.4 Å². The third-order valence-corrected chi connectivity index (χ3v) is 6.03. The topological polar surface area (TPSA) is 78.2 Å². The molecule has 0 aliphatic heterocycles. The molecule has 2 aromatic heterocycles. The number of hydrogen-bond donors (Lipinski definition) is 1. The van der Waals surface area contributed by atoms with Crippen LogP contribution in [0.25, 0.3) is 10.8 Å². The minimum absolute atomic E-state index is 0.165. The maximum Gasteiger partial charge on any atom is 0.276 e. The summed E-state index contributed by atoms with van der Waals surface area (Å²) >= 11 is 6.13. The van der Waals surface area contributed by atoms with Gasteiger partial charge in [0.1, 0.15) is 12.3 Å². The number of benzene rings is 2. The Morgan fingerprint density at radius 1 is 1.12 bits per heavy atom. The van der Waals surface area contributed by atoms with Crippen LogP contribution in [0.2, 0.25) is 5.02 Å². The molecule has 0 unspecified atom stereocenters. The van der Waals surface area contributed by atoms with E-state index in [0.717, 1.165) is 27.9 Å². The van der Waals surface area contributed by atoms with Crippen LogP contribution in [0.4, 0.5) is 0 Å². The molecule has 1 amide bonds. The van der Waals surface area contributed by atoms with Crippen molar-refractivity contribution in [3.63, 3.8) is 0 Å². The van der Waals surface area contributed by atoms with Gasteiger partial charge in [-0.1, -0.05) is 41.9 Å². The lowest BCUT2D eigenvalue weighted by Gasteiger charge is -2.10. The van der Waals surface area contributed by atoms with Crippen LogP contribution in [0.3, 0.4) is 0 Å². The monoisotopic (exact) mass is 464 g/mol. The summed E-state index contributed by atoms with van der Waals surface area (Å²) in [6.45, 7) is 4.60. The molecule has 1 N–H and O–H groups in total. The first-order valence-electron chi connectivity index (χ1n) is 10.6. The molecule has 0 saturated heterocycles. The molecule has 0 bridgehead atoms. The second kappa shape index (κ2) is 9.50. The van der Waals surface area contributed by atoms with E-state index >= 15 is 0 Å². The van der Waals surface area contributed by atoms with Crippen LogP contribution in [0, 0.1) is 13.8 Å². The maximum absolute atomic E-state index is 13.2. The van der Waals surface area contributed by atoms with E-state index in [1.165, 1.54) is 4.68 Å². The van der Waals surface area contributed by atoms with Gasteiger partial charge in [-0.25, -0.2) is 4.68 Å². The van der Waals surface area contributed by atoms with Gasteiger partial charge in [0.05, 0.1) is 18.7 Å². The molecule has 4 aromatic rings. The van der Waals surface area contributed by atoms with E-state index in [9.17, 15) is 9.59 Å². The van der Waals surface area contributed by atoms with Crippen molar-refractivity contribution in [1.82, 2.24) is 19.7 Å². The molecule has 8 heteroatoms. The normalized spacial score (nSPS) is 11.0. The Hall–Kier alpha value is -3.58. The highest BCUT2D eigenvalue weighted by atomic mass is 35.5. The number of nitrogens with zero attached hydrogens (tertiary/aromatic N) is 3. The first kappa shape index (κ1) is 22.6. The molecule has 4 rings (SSSR count). The summed E-state index contributed by atoms with van der Waals surface area (Å²) < 4.78 is 8.59. The molecule has 2 heterocycles. The highest BCUT2D eigenvalue weighted by molar-refractivity contribution is 6.30. The van der Waals surface area contributed by atoms with E-state index < -0.39 is 0 Å². The van der Waals surface area contributed by atoms with Gasteiger partial charge >= 0.3 is 0 Å². The van der Waals surface area contributed by atoms with Crippen molar-refractivity contribution in [3.8, 4) is 5.75 Å². The zero-order valence-electron chi connectivity index (χ0n) is 18.8. The van der Waals surface area contributed by atoms with Crippen LogP contribution in [0.15, 0.2) is 59.5 Å². The van der Waals surface area contributed by atoms with Crippen LogP contribution >= 0.6 is 11.6 Å². The van der Waals surface area contributed by atoms with Crippen molar-refractivity contribution in [2.24, 2.45) is 0 Å². The lowest BCUT2D eigenvalue weighted by molar-refractivity contribution is -0.122. The summed E-state index contributed by atoms with van der Waals surface area (Å²) in [6.07, 6.45) is 1.65. The number of nitrogens with one attached hydrogen (secondary N) is 1. The number of carbonyl (C=O) groups is 1. The molecular weight excluding hydrogens is 440 g/mol. The van der Waals surface area contributed by atoms with Crippen molar-refractivity contribution < 1.29 is 9.53 Å². The highest BCUT2D eigenvalue weighted by Crippen LogP contribution is 2.24. The Morgan fingerprint density at radius 2 is 1.91 bits per heavy atom. The Kier molecular flexibility index (Phi) is 6.51. The van der Waals surface area contributed by atoms with E-state index in [-0.39, 0.29) is 18.0 Å². The molecule has 170 valence electrons. The second-order valence-corrected chi connectivity index (χ2v) is 8.31. The largest absolute Gasteiger partial charge is 0.496 e. The standard InChI is InChI=1S/C25H25ClN4O3/c1-16-21-13-28-30(15-23(31)27-12-19-8-4-5-10-22(19)33-3)25(32)24(21)17(2)29(16)14-18-7-6-9-20(26)11-18/h4-11,13H,12,14-15H2,1-3H3,(H,27,31). The Labute approximate surface area is 196 Å². The number of para-hydroxylation sites is 1. The van der Waals surface area contributed by atoms with Crippen LogP contribution in [0.1, 0.15) is 22.5 Å². The molecule has 7 nitrogen and oxygen atoms in total. The van der Waals surface area contributed by atoms with Crippen LogP contribution in [-0.2, 0) is 24.4 Å². The molecule has 0 aliphatic rings. The van der Waals surface area contributed by atoms with Crippen molar-refractivity contribution >= 4 is 28.3 Å². The molecular formula is C25H25ClN4O3. The third kappa shape index (κ3) is 4.64. The molecule has 33 heavy (non-hydrogen) atoms. The fourth-order valence-electron chi connectivity index (χ4n) is 4.05.